The lowest BCUT2D eigenvalue weighted by Crippen LogP contribution is -2.13. The second-order valence-corrected chi connectivity index (χ2v) is 8.38. The number of anilines is 1. The molecule has 1 N–H and O–H groups in total. The van der Waals surface area contributed by atoms with Gasteiger partial charge in [-0.25, -0.2) is 8.42 Å². The second-order valence-electron chi connectivity index (χ2n) is 6.70. The average molecular weight is 435 g/mol. The number of nitrogens with one attached hydrogen (secondary N) is 1. The van der Waals surface area contributed by atoms with Crippen molar-refractivity contribution in [1.29, 1.82) is 0 Å². The molecule has 0 saturated carbocycles. The fourth-order valence-corrected chi connectivity index (χ4v) is 4.26. The van der Waals surface area contributed by atoms with E-state index in [0.29, 0.717) is 11.5 Å². The van der Waals surface area contributed by atoms with Gasteiger partial charge >= 0.3 is 6.18 Å². The zero-order valence-electron chi connectivity index (χ0n) is 15.7. The van der Waals surface area contributed by atoms with Crippen LogP contribution >= 0.6 is 0 Å². The number of halogens is 3. The van der Waals surface area contributed by atoms with Gasteiger partial charge in [-0.15, -0.1) is 0 Å². The maximum atomic E-state index is 13.4. The molecule has 1 aliphatic rings. The minimum absolute atomic E-state index is 0.0218. The smallest absolute Gasteiger partial charge is 0.416 e. The van der Waals surface area contributed by atoms with Gasteiger partial charge in [0.25, 0.3) is 10.0 Å². The van der Waals surface area contributed by atoms with Gasteiger partial charge in [0, 0.05) is 11.6 Å². The summed E-state index contributed by atoms with van der Waals surface area (Å²) in [6.07, 6.45) is -4.54. The van der Waals surface area contributed by atoms with Gasteiger partial charge in [0.1, 0.15) is 0 Å². The zero-order chi connectivity index (χ0) is 21.5. The van der Waals surface area contributed by atoms with Crippen LogP contribution < -0.4 is 14.2 Å². The number of rotatable bonds is 4. The van der Waals surface area contributed by atoms with Gasteiger partial charge in [-0.05, 0) is 42.3 Å². The van der Waals surface area contributed by atoms with Crippen molar-refractivity contribution in [3.8, 4) is 22.6 Å². The normalized spacial score (nSPS) is 13.3. The highest BCUT2D eigenvalue weighted by atomic mass is 32.2. The van der Waals surface area contributed by atoms with E-state index in [0.717, 1.165) is 6.07 Å². The maximum Gasteiger partial charge on any atom is 0.416 e. The molecule has 30 heavy (non-hydrogen) atoms. The average Bonchev–Trinajstić information content (AvgIpc) is 3.15. The predicted octanol–water partition coefficient (Wildman–Crippen LogP) is 5.21. The summed E-state index contributed by atoms with van der Waals surface area (Å²) in [5, 5.41) is 0. The molecule has 0 bridgehead atoms. The van der Waals surface area contributed by atoms with Crippen LogP contribution in [0.15, 0.2) is 65.6 Å². The van der Waals surface area contributed by atoms with Crippen LogP contribution in [0.2, 0.25) is 0 Å². The zero-order valence-corrected chi connectivity index (χ0v) is 16.5. The van der Waals surface area contributed by atoms with Gasteiger partial charge in [-0.3, -0.25) is 4.72 Å². The maximum absolute atomic E-state index is 13.4. The van der Waals surface area contributed by atoms with E-state index in [2.05, 4.69) is 4.72 Å². The van der Waals surface area contributed by atoms with Crippen molar-refractivity contribution < 1.29 is 31.1 Å². The fraction of sp³-hybridized carbons (Fsp3) is 0.143. The van der Waals surface area contributed by atoms with Gasteiger partial charge in [-0.2, -0.15) is 13.2 Å². The molecular weight excluding hydrogens is 419 g/mol. The number of hydrogen-bond acceptors (Lipinski definition) is 4. The number of aryl methyl sites for hydroxylation is 1. The van der Waals surface area contributed by atoms with Gasteiger partial charge in [-0.1, -0.05) is 30.3 Å². The Morgan fingerprint density at radius 1 is 0.933 bits per heavy atom. The molecule has 0 radical (unpaired) electrons. The molecule has 0 aromatic heterocycles. The summed E-state index contributed by atoms with van der Waals surface area (Å²) in [5.74, 6) is 0.620. The summed E-state index contributed by atoms with van der Waals surface area (Å²) in [7, 11) is -3.98. The largest absolute Gasteiger partial charge is 0.454 e. The van der Waals surface area contributed by atoms with Crippen LogP contribution in [0.1, 0.15) is 11.1 Å². The van der Waals surface area contributed by atoms with E-state index in [1.165, 1.54) is 43.3 Å². The number of ether oxygens (including phenoxy) is 2. The van der Waals surface area contributed by atoms with Crippen molar-refractivity contribution in [1.82, 2.24) is 0 Å². The second kappa shape index (κ2) is 7.24. The van der Waals surface area contributed by atoms with E-state index >= 15 is 0 Å². The van der Waals surface area contributed by atoms with Crippen molar-refractivity contribution in [2.24, 2.45) is 0 Å². The lowest BCUT2D eigenvalue weighted by molar-refractivity contribution is -0.138. The molecule has 0 unspecified atom stereocenters. The Hall–Kier alpha value is -3.20. The molecule has 1 aliphatic heterocycles. The highest BCUT2D eigenvalue weighted by molar-refractivity contribution is 7.92. The first-order valence-electron chi connectivity index (χ1n) is 8.85. The number of hydrogen-bond donors (Lipinski definition) is 1. The molecule has 9 heteroatoms. The molecule has 3 aromatic carbocycles. The van der Waals surface area contributed by atoms with Crippen molar-refractivity contribution in [3.63, 3.8) is 0 Å². The summed E-state index contributed by atoms with van der Waals surface area (Å²) in [6.45, 7) is 1.30. The summed E-state index contributed by atoms with van der Waals surface area (Å²) >= 11 is 0. The van der Waals surface area contributed by atoms with Crippen LogP contribution in [0.4, 0.5) is 18.9 Å². The number of benzene rings is 3. The Kier molecular flexibility index (Phi) is 4.85. The SMILES string of the molecule is Cc1ccc(-c2cc3c(cc2NS(=O)(=O)c2ccccc2)OCO3)cc1C(F)(F)F. The summed E-state index contributed by atoms with van der Waals surface area (Å²) in [6, 6.07) is 14.4. The van der Waals surface area contributed by atoms with Crippen LogP contribution in [0.3, 0.4) is 0 Å². The molecule has 0 atom stereocenters. The van der Waals surface area contributed by atoms with Gasteiger partial charge < -0.3 is 9.47 Å². The molecule has 0 aliphatic carbocycles. The third kappa shape index (κ3) is 3.80. The highest BCUT2D eigenvalue weighted by Gasteiger charge is 2.33. The minimum atomic E-state index is -4.54. The Morgan fingerprint density at radius 2 is 1.60 bits per heavy atom. The minimum Gasteiger partial charge on any atom is -0.454 e. The van der Waals surface area contributed by atoms with Gasteiger partial charge in [0.05, 0.1) is 16.1 Å². The standard InChI is InChI=1S/C21H16F3NO4S/c1-13-7-8-14(9-17(13)21(22,23)24)16-10-19-20(29-12-28-19)11-18(16)25-30(26,27)15-5-3-2-4-6-15/h2-11,25H,12H2,1H3. The van der Waals surface area contributed by atoms with Crippen molar-refractivity contribution in [2.45, 2.75) is 18.0 Å². The molecule has 4 rings (SSSR count). The molecule has 156 valence electrons. The van der Waals surface area contributed by atoms with Crippen LogP contribution in [-0.2, 0) is 16.2 Å². The number of sulfonamides is 1. The Bertz CT molecular complexity index is 1210. The molecule has 0 saturated heterocycles. The van der Waals surface area contributed by atoms with Crippen LogP contribution in [0, 0.1) is 6.92 Å². The van der Waals surface area contributed by atoms with Crippen LogP contribution in [-0.4, -0.2) is 15.2 Å². The summed E-state index contributed by atoms with van der Waals surface area (Å²) in [4.78, 5) is 0.0218. The molecular formula is C21H16F3NO4S. The number of alkyl halides is 3. The molecule has 3 aromatic rings. The lowest BCUT2D eigenvalue weighted by atomic mass is 9.98. The predicted molar refractivity (Wildman–Crippen MR) is 105 cm³/mol. The van der Waals surface area contributed by atoms with Gasteiger partial charge in [0.2, 0.25) is 6.79 Å². The van der Waals surface area contributed by atoms with E-state index in [1.54, 1.807) is 18.2 Å². The fourth-order valence-electron chi connectivity index (χ4n) is 3.16. The van der Waals surface area contributed by atoms with E-state index in [9.17, 15) is 21.6 Å². The van der Waals surface area contributed by atoms with E-state index in [-0.39, 0.29) is 34.1 Å². The van der Waals surface area contributed by atoms with Gasteiger partial charge in [0.15, 0.2) is 11.5 Å². The molecule has 0 fully saturated rings. The Labute approximate surface area is 171 Å². The Balaban J connectivity index is 1.85. The highest BCUT2D eigenvalue weighted by Crippen LogP contribution is 2.43. The first-order valence-corrected chi connectivity index (χ1v) is 10.3. The van der Waals surface area contributed by atoms with E-state index < -0.39 is 21.8 Å². The summed E-state index contributed by atoms with van der Waals surface area (Å²) < 4.78 is 78.9. The third-order valence-electron chi connectivity index (χ3n) is 4.66. The monoisotopic (exact) mass is 435 g/mol. The molecule has 0 amide bonds. The quantitative estimate of drug-likeness (QED) is 0.611. The van der Waals surface area contributed by atoms with Crippen LogP contribution in [0.25, 0.3) is 11.1 Å². The van der Waals surface area contributed by atoms with Crippen molar-refractivity contribution in [3.05, 3.63) is 71.8 Å². The van der Waals surface area contributed by atoms with E-state index in [4.69, 9.17) is 9.47 Å². The van der Waals surface area contributed by atoms with E-state index in [1.807, 2.05) is 0 Å². The first kappa shape index (κ1) is 20.1. The summed E-state index contributed by atoms with van der Waals surface area (Å²) in [5.41, 5.74) is -0.214. The Morgan fingerprint density at radius 3 is 2.27 bits per heavy atom. The topological polar surface area (TPSA) is 64.6 Å². The van der Waals surface area contributed by atoms with Crippen molar-refractivity contribution in [2.75, 3.05) is 11.5 Å². The third-order valence-corrected chi connectivity index (χ3v) is 6.05. The molecule has 1 heterocycles. The number of fused-ring (bicyclic) bond motifs is 1. The van der Waals surface area contributed by atoms with Crippen molar-refractivity contribution >= 4 is 15.7 Å². The molecule has 0 spiro atoms. The lowest BCUT2D eigenvalue weighted by Gasteiger charge is -2.16. The first-order chi connectivity index (χ1) is 14.1. The molecule has 5 nitrogen and oxygen atoms in total. The van der Waals surface area contributed by atoms with Crippen LogP contribution in [0.5, 0.6) is 11.5 Å².